The molecular weight excluding hydrogens is 319 g/mol. The first kappa shape index (κ1) is 15.4. The van der Waals surface area contributed by atoms with Crippen LogP contribution in [0.5, 0.6) is 0 Å². The van der Waals surface area contributed by atoms with Crippen molar-refractivity contribution >= 4 is 45.1 Å². The van der Waals surface area contributed by atoms with E-state index in [1.807, 2.05) is 0 Å². The lowest BCUT2D eigenvalue weighted by Crippen LogP contribution is -2.26. The fourth-order valence-corrected chi connectivity index (χ4v) is 2.94. The minimum Gasteiger partial charge on any atom is -0.269 e. The van der Waals surface area contributed by atoms with E-state index in [1.54, 1.807) is 25.1 Å². The third kappa shape index (κ3) is 4.51. The van der Waals surface area contributed by atoms with Crippen LogP contribution in [-0.4, -0.2) is 20.3 Å². The lowest BCUT2D eigenvalue weighted by Gasteiger charge is -2.04. The van der Waals surface area contributed by atoms with E-state index in [9.17, 15) is 8.42 Å². The van der Waals surface area contributed by atoms with Crippen LogP contribution in [0.1, 0.15) is 25.3 Å². The summed E-state index contributed by atoms with van der Waals surface area (Å²) in [6, 6.07) is 5.25. The van der Waals surface area contributed by atoms with Gasteiger partial charge in [-0.05, 0) is 38.0 Å². The molecule has 0 amide bonds. The first-order valence-electron chi connectivity index (χ1n) is 6.07. The quantitative estimate of drug-likeness (QED) is 0.678. The molecule has 0 atom stereocenters. The van der Waals surface area contributed by atoms with Gasteiger partial charge in [-0.3, -0.25) is 9.71 Å². The molecule has 7 heteroatoms. The highest BCUT2D eigenvalue weighted by Crippen LogP contribution is 2.26. The van der Waals surface area contributed by atoms with Gasteiger partial charge in [0.05, 0.1) is 11.4 Å². The smallest absolute Gasteiger partial charge is 0.255 e. The van der Waals surface area contributed by atoms with Gasteiger partial charge in [0, 0.05) is 15.6 Å². The molecule has 0 saturated heterocycles. The summed E-state index contributed by atoms with van der Waals surface area (Å²) < 4.78 is 26.1. The second-order valence-electron chi connectivity index (χ2n) is 4.53. The number of rotatable bonds is 4. The van der Waals surface area contributed by atoms with Crippen LogP contribution in [0.4, 0.5) is 0 Å². The predicted molar refractivity (Wildman–Crippen MR) is 83.7 cm³/mol. The first-order valence-corrected chi connectivity index (χ1v) is 8.37. The van der Waals surface area contributed by atoms with Gasteiger partial charge in [0.2, 0.25) is 0 Å². The standard InChI is InChI=1S/C13H14Cl2N2O2S/c1-9(16-10-5-6-10)17-20(18,19)8-7-11-12(14)3-2-4-13(11)15/h2-4,7-8,10H,5-6H2,1H3,(H,16,17)/b8-7+. The van der Waals surface area contributed by atoms with E-state index in [0.717, 1.165) is 18.2 Å². The molecule has 2 rings (SSSR count). The van der Waals surface area contributed by atoms with E-state index in [-0.39, 0.29) is 6.04 Å². The summed E-state index contributed by atoms with van der Waals surface area (Å²) in [5.74, 6) is 0.391. The van der Waals surface area contributed by atoms with Gasteiger partial charge < -0.3 is 0 Å². The molecule has 0 spiro atoms. The predicted octanol–water partition coefficient (Wildman–Crippen LogP) is 3.46. The van der Waals surface area contributed by atoms with Gasteiger partial charge in [-0.2, -0.15) is 0 Å². The summed E-state index contributed by atoms with van der Waals surface area (Å²) in [7, 11) is -3.61. The van der Waals surface area contributed by atoms with Crippen molar-refractivity contribution in [1.29, 1.82) is 0 Å². The summed E-state index contributed by atoms with van der Waals surface area (Å²) in [5.41, 5.74) is 0.470. The molecule has 1 fully saturated rings. The van der Waals surface area contributed by atoms with Gasteiger partial charge in [-0.25, -0.2) is 8.42 Å². The van der Waals surface area contributed by atoms with Crippen molar-refractivity contribution in [3.8, 4) is 0 Å². The molecule has 0 bridgehead atoms. The van der Waals surface area contributed by atoms with Gasteiger partial charge in [-0.15, -0.1) is 0 Å². The van der Waals surface area contributed by atoms with Crippen LogP contribution in [-0.2, 0) is 10.0 Å². The summed E-state index contributed by atoms with van der Waals surface area (Å²) in [6.07, 6.45) is 3.41. The van der Waals surface area contributed by atoms with Crippen molar-refractivity contribution in [3.05, 3.63) is 39.2 Å². The molecule has 0 aromatic heterocycles. The van der Waals surface area contributed by atoms with Gasteiger partial charge in [0.25, 0.3) is 10.0 Å². The second-order valence-corrected chi connectivity index (χ2v) is 6.91. The summed E-state index contributed by atoms with van der Waals surface area (Å²) in [5, 5.41) is 1.83. The second kappa shape index (κ2) is 6.16. The van der Waals surface area contributed by atoms with Gasteiger partial charge in [-0.1, -0.05) is 29.3 Å². The highest BCUT2D eigenvalue weighted by molar-refractivity contribution is 7.93. The number of aliphatic imine (C=N–C) groups is 1. The Morgan fingerprint density at radius 2 is 1.95 bits per heavy atom. The van der Waals surface area contributed by atoms with Crippen molar-refractivity contribution in [2.75, 3.05) is 0 Å². The fraction of sp³-hybridized carbons (Fsp3) is 0.308. The minimum atomic E-state index is -3.61. The van der Waals surface area contributed by atoms with E-state index in [4.69, 9.17) is 23.2 Å². The van der Waals surface area contributed by atoms with Gasteiger partial charge >= 0.3 is 0 Å². The molecule has 1 aromatic carbocycles. The van der Waals surface area contributed by atoms with Gasteiger partial charge in [0.15, 0.2) is 0 Å². The normalized spacial score (nSPS) is 16.6. The van der Waals surface area contributed by atoms with E-state index in [1.165, 1.54) is 6.08 Å². The number of hydrogen-bond donors (Lipinski definition) is 1. The van der Waals surface area contributed by atoms with Crippen LogP contribution in [0.3, 0.4) is 0 Å². The van der Waals surface area contributed by atoms with E-state index >= 15 is 0 Å². The van der Waals surface area contributed by atoms with E-state index in [2.05, 4.69) is 9.71 Å². The lowest BCUT2D eigenvalue weighted by molar-refractivity contribution is 0.601. The molecule has 0 heterocycles. The maximum atomic E-state index is 11.9. The van der Waals surface area contributed by atoms with Crippen LogP contribution in [0.25, 0.3) is 6.08 Å². The topological polar surface area (TPSA) is 58.5 Å². The van der Waals surface area contributed by atoms with E-state index in [0.29, 0.717) is 21.4 Å². The lowest BCUT2D eigenvalue weighted by atomic mass is 10.2. The molecule has 1 saturated carbocycles. The third-order valence-electron chi connectivity index (χ3n) is 2.63. The Hall–Kier alpha value is -1.04. The zero-order valence-electron chi connectivity index (χ0n) is 10.8. The number of sulfonamides is 1. The number of halogens is 2. The number of nitrogens with zero attached hydrogens (tertiary/aromatic N) is 1. The minimum absolute atomic E-state index is 0.264. The number of hydrogen-bond acceptors (Lipinski definition) is 3. The number of benzene rings is 1. The molecule has 4 nitrogen and oxygen atoms in total. The number of nitrogens with one attached hydrogen (secondary N) is 1. The molecule has 108 valence electrons. The maximum absolute atomic E-state index is 11.9. The Kier molecular flexibility index (Phi) is 4.73. The van der Waals surface area contributed by atoms with Crippen LogP contribution < -0.4 is 4.72 Å². The Labute approximate surface area is 128 Å². The third-order valence-corrected chi connectivity index (χ3v) is 4.36. The zero-order valence-corrected chi connectivity index (χ0v) is 13.1. The number of amidine groups is 1. The Bertz CT molecular complexity index is 645. The SMILES string of the molecule is CC(=NC1CC1)NS(=O)(=O)/C=C/c1c(Cl)cccc1Cl. The zero-order chi connectivity index (χ0) is 14.8. The largest absolute Gasteiger partial charge is 0.269 e. The Morgan fingerprint density at radius 1 is 1.35 bits per heavy atom. The summed E-state index contributed by atoms with van der Waals surface area (Å²) >= 11 is 11.9. The van der Waals surface area contributed by atoms with Crippen molar-refractivity contribution in [1.82, 2.24) is 4.72 Å². The van der Waals surface area contributed by atoms with Crippen LogP contribution >= 0.6 is 23.2 Å². The highest BCUT2D eigenvalue weighted by Gasteiger charge is 2.20. The Balaban J connectivity index is 2.13. The highest BCUT2D eigenvalue weighted by atomic mass is 35.5. The monoisotopic (exact) mass is 332 g/mol. The van der Waals surface area contributed by atoms with Crippen molar-refractivity contribution in [3.63, 3.8) is 0 Å². The molecular formula is C13H14Cl2N2O2S. The molecule has 0 radical (unpaired) electrons. The molecule has 1 N–H and O–H groups in total. The van der Waals surface area contributed by atoms with Crippen LogP contribution in [0, 0.1) is 0 Å². The average molecular weight is 333 g/mol. The van der Waals surface area contributed by atoms with Crippen LogP contribution in [0.15, 0.2) is 28.6 Å². The van der Waals surface area contributed by atoms with Crippen molar-refractivity contribution in [2.24, 2.45) is 4.99 Å². The van der Waals surface area contributed by atoms with Crippen molar-refractivity contribution in [2.45, 2.75) is 25.8 Å². The molecule has 1 aromatic rings. The summed E-state index contributed by atoms with van der Waals surface area (Å²) in [4.78, 5) is 4.20. The first-order chi connectivity index (χ1) is 9.37. The van der Waals surface area contributed by atoms with Crippen molar-refractivity contribution < 1.29 is 8.42 Å². The molecule has 1 aliphatic carbocycles. The Morgan fingerprint density at radius 3 is 2.50 bits per heavy atom. The average Bonchev–Trinajstić information content (AvgIpc) is 3.11. The molecule has 20 heavy (non-hydrogen) atoms. The van der Waals surface area contributed by atoms with Crippen LogP contribution in [0.2, 0.25) is 10.0 Å². The maximum Gasteiger partial charge on any atom is 0.255 e. The van der Waals surface area contributed by atoms with Gasteiger partial charge in [0.1, 0.15) is 5.84 Å². The molecule has 0 unspecified atom stereocenters. The summed E-state index contributed by atoms with van der Waals surface area (Å²) in [6.45, 7) is 1.63. The molecule has 0 aliphatic heterocycles. The van der Waals surface area contributed by atoms with E-state index < -0.39 is 10.0 Å². The molecule has 1 aliphatic rings. The fourth-order valence-electron chi connectivity index (χ4n) is 1.57.